The summed E-state index contributed by atoms with van der Waals surface area (Å²) < 4.78 is 0. The quantitative estimate of drug-likeness (QED) is 0.0948. The second-order valence-corrected chi connectivity index (χ2v) is 32.6. The molecule has 0 rings (SSSR count). The predicted molar refractivity (Wildman–Crippen MR) is 251 cm³/mol. The van der Waals surface area contributed by atoms with Gasteiger partial charge in [0.15, 0.2) is 0 Å². The van der Waals surface area contributed by atoms with Crippen LogP contribution >= 0.6 is 47.5 Å². The Morgan fingerprint density at radius 1 is 0.170 bits per heavy atom. The van der Waals surface area contributed by atoms with E-state index in [1.165, 1.54) is 111 Å². The van der Waals surface area contributed by atoms with Gasteiger partial charge in [-0.25, -0.2) is 0 Å². The van der Waals surface area contributed by atoms with E-state index in [1.54, 1.807) is 0 Å². The molecule has 0 aromatic rings. The average Bonchev–Trinajstić information content (AvgIpc) is 3.04. The van der Waals surface area contributed by atoms with Crippen LogP contribution in [-0.4, -0.2) is 145 Å². The molecule has 11 heteroatoms. The van der Waals surface area contributed by atoms with Crippen LogP contribution in [0.5, 0.6) is 0 Å². The molecule has 0 bridgehead atoms. The van der Waals surface area contributed by atoms with Gasteiger partial charge < -0.3 is 0 Å². The largest absolute Gasteiger partial charge is 0.0543 e. The van der Waals surface area contributed by atoms with Crippen molar-refractivity contribution in [2.45, 2.75) is 125 Å². The third-order valence-electron chi connectivity index (χ3n) is 9.00. The zero-order valence-electron chi connectivity index (χ0n) is 35.5. The first kappa shape index (κ1) is 80.5. The van der Waals surface area contributed by atoms with Crippen molar-refractivity contribution in [3.63, 3.8) is 0 Å². The van der Waals surface area contributed by atoms with Crippen LogP contribution in [0.1, 0.15) is 125 Å². The zero-order valence-corrected chi connectivity index (χ0v) is 47.9. The van der Waals surface area contributed by atoms with Crippen LogP contribution in [0.25, 0.3) is 0 Å². The van der Waals surface area contributed by atoms with Gasteiger partial charge in [-0.1, -0.05) is 0 Å². The van der Waals surface area contributed by atoms with Crippen molar-refractivity contribution in [3.8, 4) is 0 Å². The van der Waals surface area contributed by atoms with E-state index in [-0.39, 0.29) is 131 Å². The first-order chi connectivity index (χ1) is 20.1. The minimum Gasteiger partial charge on any atom is -0.0313 e. The molecule has 0 aliphatic heterocycles. The van der Waals surface area contributed by atoms with Crippen LogP contribution in [0.4, 0.5) is 0 Å². The zero-order chi connectivity index (χ0) is 34.2. The summed E-state index contributed by atoms with van der Waals surface area (Å²) in [6, 6.07) is 0. The van der Waals surface area contributed by atoms with Gasteiger partial charge in [0.1, 0.15) is 0 Å². The van der Waals surface area contributed by atoms with Crippen LogP contribution in [0.2, 0.25) is 0 Å². The van der Waals surface area contributed by atoms with Gasteiger partial charge in [0.25, 0.3) is 0 Å². The fraction of sp³-hybridized carbons (Fsp3) is 1.00. The van der Waals surface area contributed by atoms with Gasteiger partial charge in [0.05, 0.1) is 111 Å². The molecule has 306 valence electrons. The summed E-state index contributed by atoms with van der Waals surface area (Å²) in [5.74, 6) is 0. The monoisotopic (exact) mass is 1050 g/mol. The standard InChI is InChI=1S/6C6H15P.3Ni.2Se/c6*1-4-7(5-2)6-3;;;;;/h6*4-6H2,1-3H3;;;;;/p+6. The van der Waals surface area contributed by atoms with E-state index in [2.05, 4.69) is 125 Å². The van der Waals surface area contributed by atoms with E-state index in [0.29, 0.717) is 0 Å². The molecule has 0 saturated carbocycles. The third-order valence-corrected chi connectivity index (χ3v) is 27.0. The van der Waals surface area contributed by atoms with E-state index in [4.69, 9.17) is 0 Å². The second-order valence-electron chi connectivity index (χ2n) is 10.9. The predicted octanol–water partition coefficient (Wildman–Crippen LogP) is 12.8. The number of hydrogen-bond acceptors (Lipinski definition) is 0. The summed E-state index contributed by atoms with van der Waals surface area (Å²) in [7, 11) is 0.824. The molecule has 0 aromatic carbocycles. The van der Waals surface area contributed by atoms with Crippen molar-refractivity contribution in [2.24, 2.45) is 0 Å². The van der Waals surface area contributed by atoms with Gasteiger partial charge in [-0.15, -0.1) is 0 Å². The molecule has 0 fully saturated rings. The topological polar surface area (TPSA) is 0 Å². The van der Waals surface area contributed by atoms with Gasteiger partial charge in [0.2, 0.25) is 0 Å². The van der Waals surface area contributed by atoms with E-state index in [1.807, 2.05) is 0 Å². The summed E-state index contributed by atoms with van der Waals surface area (Å²) in [6.45, 7) is 41.5. The number of hydrogen-bond donors (Lipinski definition) is 0. The fourth-order valence-electron chi connectivity index (χ4n) is 4.50. The number of rotatable bonds is 18. The molecule has 0 atom stereocenters. The SMILES string of the molecule is CC[PH+](CC)CC.CC[PH+](CC)CC.CC[PH+](CC)CC.CC[PH+](CC)CC.CC[PH+](CC)CC.CC[PH+](CC)CC.[Ni].[Ni].[Ni].[Se].[Se]. The Kier molecular flexibility index (Phi) is 130. The average molecular weight is 1050 g/mol. The van der Waals surface area contributed by atoms with E-state index < -0.39 is 0 Å². The van der Waals surface area contributed by atoms with Gasteiger partial charge in [-0.05, 0) is 172 Å². The fourth-order valence-corrected chi connectivity index (χ4v) is 13.5. The molecule has 47 heavy (non-hydrogen) atoms. The molecule has 0 nitrogen and oxygen atoms in total. The Labute approximate surface area is 363 Å². The van der Waals surface area contributed by atoms with Crippen LogP contribution in [-0.2, 0) is 49.5 Å². The maximum Gasteiger partial charge on any atom is 0.0543 e. The third kappa shape index (κ3) is 72.9. The Morgan fingerprint density at radius 3 is 0.213 bits per heavy atom. The smallest absolute Gasteiger partial charge is 0.0313 e. The van der Waals surface area contributed by atoms with Crippen molar-refractivity contribution < 1.29 is 49.5 Å². The first-order valence-corrected chi connectivity index (χ1v) is 31.8. The molecule has 4 radical (unpaired) electrons. The summed E-state index contributed by atoms with van der Waals surface area (Å²) in [5.41, 5.74) is 0. The molecular weight excluding hydrogens is 952 g/mol. The van der Waals surface area contributed by atoms with Crippen molar-refractivity contribution >= 4 is 81.7 Å². The van der Waals surface area contributed by atoms with Crippen LogP contribution in [0.15, 0.2) is 0 Å². The Morgan fingerprint density at radius 2 is 0.213 bits per heavy atom. The molecule has 0 saturated heterocycles. The molecule has 0 aliphatic rings. The molecule has 0 unspecified atom stereocenters. The van der Waals surface area contributed by atoms with Crippen molar-refractivity contribution in [1.82, 2.24) is 0 Å². The minimum atomic E-state index is 0. The van der Waals surface area contributed by atoms with Crippen LogP contribution in [0.3, 0.4) is 0 Å². The maximum atomic E-state index is 2.31. The van der Waals surface area contributed by atoms with Crippen molar-refractivity contribution in [2.75, 3.05) is 111 Å². The molecule has 0 N–H and O–H groups in total. The van der Waals surface area contributed by atoms with Crippen LogP contribution in [0, 0.1) is 0 Å². The summed E-state index contributed by atoms with van der Waals surface area (Å²) >= 11 is 0. The first-order valence-electron chi connectivity index (χ1n) is 19.1. The molecule has 0 amide bonds. The van der Waals surface area contributed by atoms with Gasteiger partial charge in [-0.2, -0.15) is 0 Å². The molecule has 0 spiro atoms. The van der Waals surface area contributed by atoms with Gasteiger partial charge in [-0.3, -0.25) is 0 Å². The summed E-state index contributed by atoms with van der Waals surface area (Å²) in [5, 5.41) is 0. The van der Waals surface area contributed by atoms with E-state index in [9.17, 15) is 0 Å². The van der Waals surface area contributed by atoms with Crippen molar-refractivity contribution in [3.05, 3.63) is 0 Å². The Bertz CT molecular complexity index is 275. The minimum absolute atomic E-state index is 0. The van der Waals surface area contributed by atoms with E-state index in [0.717, 1.165) is 0 Å². The van der Waals surface area contributed by atoms with Crippen molar-refractivity contribution in [1.29, 1.82) is 0 Å². The second kappa shape index (κ2) is 75.9. The molecule has 0 heterocycles. The van der Waals surface area contributed by atoms with Gasteiger partial charge in [0, 0.05) is 83.6 Å². The summed E-state index contributed by atoms with van der Waals surface area (Å²) in [4.78, 5) is 0. The van der Waals surface area contributed by atoms with E-state index >= 15 is 0 Å². The normalized spacial score (nSPS) is 9.19. The summed E-state index contributed by atoms with van der Waals surface area (Å²) in [6.07, 6.45) is 26.2. The Balaban J connectivity index is -0.0000000360. The van der Waals surface area contributed by atoms with Gasteiger partial charge >= 0.3 is 0 Å². The molecule has 0 aliphatic carbocycles. The Hall–Kier alpha value is 5.10. The molecule has 0 aromatic heterocycles. The van der Waals surface area contributed by atoms with Crippen LogP contribution < -0.4 is 0 Å². The maximum absolute atomic E-state index is 2.31. The molecular formula is C36H96Ni3P6Se2+6.